The molecule has 1 amide bonds. The number of fused-ring (bicyclic) bond motifs is 1. The van der Waals surface area contributed by atoms with E-state index in [0.717, 1.165) is 39.3 Å². The van der Waals surface area contributed by atoms with Crippen LogP contribution in [-0.2, 0) is 0 Å². The van der Waals surface area contributed by atoms with Gasteiger partial charge in [-0.1, -0.05) is 44.9 Å². The van der Waals surface area contributed by atoms with Gasteiger partial charge in [-0.05, 0) is 38.2 Å². The molecular formula is C22H32N4OS. The van der Waals surface area contributed by atoms with Crippen LogP contribution in [0, 0.1) is 6.92 Å². The Labute approximate surface area is 171 Å². The van der Waals surface area contributed by atoms with Crippen LogP contribution in [0.3, 0.4) is 0 Å². The van der Waals surface area contributed by atoms with Crippen LogP contribution in [0.1, 0.15) is 85.9 Å². The van der Waals surface area contributed by atoms with E-state index in [1.807, 2.05) is 0 Å². The van der Waals surface area contributed by atoms with Gasteiger partial charge >= 0.3 is 0 Å². The normalized spacial score (nSPS) is 19.5. The number of aromatic nitrogens is 2. The summed E-state index contributed by atoms with van der Waals surface area (Å²) in [5.41, 5.74) is 1.03. The number of thiophene rings is 1. The molecule has 0 bridgehead atoms. The molecule has 4 rings (SSSR count). The van der Waals surface area contributed by atoms with Crippen LogP contribution >= 0.6 is 11.3 Å². The summed E-state index contributed by atoms with van der Waals surface area (Å²) in [6.45, 7) is 2.06. The number of rotatable bonds is 4. The van der Waals surface area contributed by atoms with Crippen molar-refractivity contribution in [3.8, 4) is 0 Å². The lowest BCUT2D eigenvalue weighted by atomic mass is 9.94. The molecule has 1 N–H and O–H groups in total. The van der Waals surface area contributed by atoms with Gasteiger partial charge in [-0.25, -0.2) is 9.97 Å². The Hall–Kier alpha value is -1.69. The maximum atomic E-state index is 13.0. The molecule has 0 spiro atoms. The molecule has 0 aromatic carbocycles. The van der Waals surface area contributed by atoms with E-state index in [1.165, 1.54) is 69.1 Å². The Balaban J connectivity index is 1.60. The molecule has 0 unspecified atom stereocenters. The molecule has 2 aromatic rings. The molecule has 2 saturated carbocycles. The second-order valence-electron chi connectivity index (χ2n) is 8.50. The third-order valence-electron chi connectivity index (χ3n) is 6.56. The van der Waals surface area contributed by atoms with Gasteiger partial charge in [0.15, 0.2) is 0 Å². The molecule has 2 aromatic heterocycles. The number of hydrogen-bond donors (Lipinski definition) is 1. The van der Waals surface area contributed by atoms with Gasteiger partial charge in [0.25, 0.3) is 5.91 Å². The van der Waals surface area contributed by atoms with Crippen LogP contribution in [0.2, 0.25) is 0 Å². The van der Waals surface area contributed by atoms with Crippen LogP contribution in [0.25, 0.3) is 10.2 Å². The first-order chi connectivity index (χ1) is 13.6. The second kappa shape index (κ2) is 8.76. The van der Waals surface area contributed by atoms with Gasteiger partial charge in [-0.15, -0.1) is 11.3 Å². The van der Waals surface area contributed by atoms with E-state index in [2.05, 4.69) is 34.2 Å². The highest BCUT2D eigenvalue weighted by molar-refractivity contribution is 7.20. The van der Waals surface area contributed by atoms with E-state index in [-0.39, 0.29) is 5.91 Å². The summed E-state index contributed by atoms with van der Waals surface area (Å²) in [6, 6.07) is 0.851. The lowest BCUT2D eigenvalue weighted by Crippen LogP contribution is -2.34. The lowest BCUT2D eigenvalue weighted by molar-refractivity contribution is 0.0937. The molecule has 0 radical (unpaired) electrons. The van der Waals surface area contributed by atoms with Crippen molar-refractivity contribution in [1.82, 2.24) is 15.3 Å². The number of anilines is 1. The molecular weight excluding hydrogens is 368 g/mol. The van der Waals surface area contributed by atoms with Gasteiger partial charge in [0, 0.05) is 19.1 Å². The number of carbonyl (C=O) groups is 1. The van der Waals surface area contributed by atoms with Crippen molar-refractivity contribution < 1.29 is 4.79 Å². The smallest absolute Gasteiger partial charge is 0.261 e. The summed E-state index contributed by atoms with van der Waals surface area (Å²) in [5, 5.41) is 4.36. The topological polar surface area (TPSA) is 58.1 Å². The van der Waals surface area contributed by atoms with E-state index in [1.54, 1.807) is 6.33 Å². The fourth-order valence-electron chi connectivity index (χ4n) is 4.85. The zero-order valence-corrected chi connectivity index (χ0v) is 18.0. The third kappa shape index (κ3) is 4.02. The summed E-state index contributed by atoms with van der Waals surface area (Å²) in [5.74, 6) is 1.05. The molecule has 152 valence electrons. The maximum Gasteiger partial charge on any atom is 0.261 e. The van der Waals surface area contributed by atoms with Crippen molar-refractivity contribution in [3.63, 3.8) is 0 Å². The highest BCUT2D eigenvalue weighted by Gasteiger charge is 2.26. The Kier molecular flexibility index (Phi) is 6.14. The molecule has 2 fully saturated rings. The van der Waals surface area contributed by atoms with Crippen molar-refractivity contribution >= 4 is 33.3 Å². The second-order valence-corrected chi connectivity index (χ2v) is 9.50. The van der Waals surface area contributed by atoms with Crippen LogP contribution in [-0.4, -0.2) is 35.0 Å². The maximum absolute atomic E-state index is 13.0. The highest BCUT2D eigenvalue weighted by Crippen LogP contribution is 2.36. The van der Waals surface area contributed by atoms with E-state index in [9.17, 15) is 4.79 Å². The Morgan fingerprint density at radius 2 is 1.68 bits per heavy atom. The number of nitrogens with one attached hydrogen (secondary N) is 1. The minimum atomic E-state index is 0.0682. The van der Waals surface area contributed by atoms with E-state index >= 15 is 0 Å². The van der Waals surface area contributed by atoms with Gasteiger partial charge in [0.05, 0.1) is 10.3 Å². The zero-order valence-electron chi connectivity index (χ0n) is 17.2. The molecule has 5 nitrogen and oxygen atoms in total. The van der Waals surface area contributed by atoms with Crippen LogP contribution in [0.15, 0.2) is 6.33 Å². The predicted octanol–water partition coefficient (Wildman–Crippen LogP) is 5.22. The van der Waals surface area contributed by atoms with E-state index in [4.69, 9.17) is 0 Å². The average Bonchev–Trinajstić information content (AvgIpc) is 2.89. The van der Waals surface area contributed by atoms with Crippen molar-refractivity contribution in [2.75, 3.05) is 11.9 Å². The van der Waals surface area contributed by atoms with Crippen molar-refractivity contribution in [3.05, 3.63) is 16.8 Å². The standard InChI is InChI=1S/C22H32N4OS/c1-15-18-20(26(2)17-12-8-5-9-13-17)23-14-24-22(18)28-19(15)21(27)25-16-10-6-3-4-7-11-16/h14,16-17H,3-13H2,1-2H3,(H,25,27). The molecule has 6 heteroatoms. The fraction of sp³-hybridized carbons (Fsp3) is 0.682. The Morgan fingerprint density at radius 3 is 2.39 bits per heavy atom. The first-order valence-corrected chi connectivity index (χ1v) is 11.7. The van der Waals surface area contributed by atoms with Crippen LogP contribution in [0.4, 0.5) is 5.82 Å². The Bertz CT molecular complexity index is 819. The largest absolute Gasteiger partial charge is 0.356 e. The molecule has 2 aliphatic rings. The molecule has 0 aliphatic heterocycles. The number of nitrogens with zero attached hydrogens (tertiary/aromatic N) is 3. The van der Waals surface area contributed by atoms with E-state index in [0.29, 0.717) is 12.1 Å². The van der Waals surface area contributed by atoms with Gasteiger partial charge in [0.2, 0.25) is 0 Å². The SMILES string of the molecule is Cc1c(C(=O)NC2CCCCCC2)sc2ncnc(N(C)C3CCCCC3)c12. The molecule has 2 heterocycles. The third-order valence-corrected chi connectivity index (χ3v) is 7.76. The first-order valence-electron chi connectivity index (χ1n) is 10.9. The summed E-state index contributed by atoms with van der Waals surface area (Å²) in [4.78, 5) is 26.2. The number of aryl methyl sites for hydroxylation is 1. The Morgan fingerprint density at radius 1 is 1.04 bits per heavy atom. The van der Waals surface area contributed by atoms with Crippen LogP contribution in [0.5, 0.6) is 0 Å². The van der Waals surface area contributed by atoms with Crippen molar-refractivity contribution in [2.45, 2.75) is 89.6 Å². The lowest BCUT2D eigenvalue weighted by Gasteiger charge is -2.32. The fourth-order valence-corrected chi connectivity index (χ4v) is 5.90. The summed E-state index contributed by atoms with van der Waals surface area (Å²) < 4.78 is 0. The first kappa shape index (κ1) is 19.6. The molecule has 0 saturated heterocycles. The molecule has 28 heavy (non-hydrogen) atoms. The zero-order chi connectivity index (χ0) is 19.5. The monoisotopic (exact) mass is 400 g/mol. The van der Waals surface area contributed by atoms with Crippen molar-refractivity contribution in [2.24, 2.45) is 0 Å². The highest BCUT2D eigenvalue weighted by atomic mass is 32.1. The number of carbonyl (C=O) groups excluding carboxylic acids is 1. The van der Waals surface area contributed by atoms with E-state index < -0.39 is 0 Å². The quantitative estimate of drug-likeness (QED) is 0.715. The molecule has 2 aliphatic carbocycles. The molecule has 0 atom stereocenters. The van der Waals surface area contributed by atoms with Gasteiger partial charge in [-0.3, -0.25) is 4.79 Å². The van der Waals surface area contributed by atoms with Crippen molar-refractivity contribution in [1.29, 1.82) is 0 Å². The summed E-state index contributed by atoms with van der Waals surface area (Å²) in [6.07, 6.45) is 15.3. The van der Waals surface area contributed by atoms with Gasteiger partial charge in [-0.2, -0.15) is 0 Å². The number of amides is 1. The van der Waals surface area contributed by atoms with Crippen LogP contribution < -0.4 is 10.2 Å². The average molecular weight is 401 g/mol. The minimum absolute atomic E-state index is 0.0682. The van der Waals surface area contributed by atoms with Gasteiger partial charge < -0.3 is 10.2 Å². The van der Waals surface area contributed by atoms with Gasteiger partial charge in [0.1, 0.15) is 17.0 Å². The predicted molar refractivity (Wildman–Crippen MR) is 116 cm³/mol. The number of hydrogen-bond acceptors (Lipinski definition) is 5. The minimum Gasteiger partial charge on any atom is -0.356 e. The summed E-state index contributed by atoms with van der Waals surface area (Å²) >= 11 is 1.51. The summed E-state index contributed by atoms with van der Waals surface area (Å²) in [7, 11) is 2.15.